The van der Waals surface area contributed by atoms with Crippen molar-refractivity contribution in [3.8, 4) is 0 Å². The van der Waals surface area contributed by atoms with Gasteiger partial charge in [-0.2, -0.15) is 4.31 Å². The van der Waals surface area contributed by atoms with Crippen LogP contribution in [0.15, 0.2) is 57.9 Å². The second kappa shape index (κ2) is 9.79. The molecule has 0 spiro atoms. The number of nitrogens with one attached hydrogen (secondary N) is 2. The number of piperazine rings is 1. The summed E-state index contributed by atoms with van der Waals surface area (Å²) in [5, 5.41) is 6.18. The van der Waals surface area contributed by atoms with Crippen LogP contribution in [0, 0.1) is 0 Å². The molecular formula is C22H27BrN4O3S. The summed E-state index contributed by atoms with van der Waals surface area (Å²) in [6.07, 6.45) is 2.23. The zero-order valence-corrected chi connectivity index (χ0v) is 19.7. The molecule has 31 heavy (non-hydrogen) atoms. The van der Waals surface area contributed by atoms with Gasteiger partial charge >= 0.3 is 0 Å². The van der Waals surface area contributed by atoms with Gasteiger partial charge in [-0.05, 0) is 62.3 Å². The summed E-state index contributed by atoms with van der Waals surface area (Å²) in [7, 11) is -3.64. The fraction of sp³-hybridized carbons (Fsp3) is 0.409. The number of amides is 1. The summed E-state index contributed by atoms with van der Waals surface area (Å²) in [5.41, 5.74) is 0.955. The van der Waals surface area contributed by atoms with Gasteiger partial charge in [-0.25, -0.2) is 8.42 Å². The van der Waals surface area contributed by atoms with Crippen LogP contribution in [0.2, 0.25) is 0 Å². The van der Waals surface area contributed by atoms with E-state index in [9.17, 15) is 13.2 Å². The fourth-order valence-corrected chi connectivity index (χ4v) is 6.07. The van der Waals surface area contributed by atoms with Crippen molar-refractivity contribution in [1.29, 1.82) is 0 Å². The van der Waals surface area contributed by atoms with E-state index in [-0.39, 0.29) is 10.8 Å². The third kappa shape index (κ3) is 5.35. The number of rotatable bonds is 5. The summed E-state index contributed by atoms with van der Waals surface area (Å²) in [6.45, 7) is 4.48. The zero-order valence-electron chi connectivity index (χ0n) is 17.3. The molecule has 2 aliphatic heterocycles. The molecule has 1 amide bonds. The molecule has 0 unspecified atom stereocenters. The van der Waals surface area contributed by atoms with E-state index in [1.165, 1.54) is 10.4 Å². The Morgan fingerprint density at radius 2 is 1.71 bits per heavy atom. The predicted molar refractivity (Wildman–Crippen MR) is 125 cm³/mol. The minimum atomic E-state index is -3.64. The molecular weight excluding hydrogens is 480 g/mol. The molecule has 2 heterocycles. The van der Waals surface area contributed by atoms with Crippen molar-refractivity contribution in [1.82, 2.24) is 14.5 Å². The van der Waals surface area contributed by atoms with Gasteiger partial charge < -0.3 is 10.6 Å². The van der Waals surface area contributed by atoms with E-state index < -0.39 is 10.0 Å². The van der Waals surface area contributed by atoms with Crippen molar-refractivity contribution in [2.24, 2.45) is 0 Å². The average molecular weight is 507 g/mol. The first-order valence-corrected chi connectivity index (χ1v) is 12.8. The second-order valence-electron chi connectivity index (χ2n) is 7.91. The second-order valence-corrected chi connectivity index (χ2v) is 10.8. The Hall–Kier alpha value is -1.78. The Balaban J connectivity index is 1.43. The van der Waals surface area contributed by atoms with Crippen molar-refractivity contribution in [3.63, 3.8) is 0 Å². The normalized spacial score (nSPS) is 19.3. The van der Waals surface area contributed by atoms with E-state index in [0.717, 1.165) is 43.5 Å². The highest BCUT2D eigenvalue weighted by Crippen LogP contribution is 2.22. The number of halogens is 1. The average Bonchev–Trinajstić information content (AvgIpc) is 2.80. The minimum absolute atomic E-state index is 0.157. The van der Waals surface area contributed by atoms with Crippen LogP contribution in [0.1, 0.15) is 23.2 Å². The predicted octanol–water partition coefficient (Wildman–Crippen LogP) is 2.76. The molecule has 2 aromatic carbocycles. The maximum Gasteiger partial charge on any atom is 0.255 e. The number of nitrogens with zero attached hydrogens (tertiary/aromatic N) is 2. The van der Waals surface area contributed by atoms with Crippen LogP contribution >= 0.6 is 15.9 Å². The van der Waals surface area contributed by atoms with Gasteiger partial charge in [-0.1, -0.05) is 28.1 Å². The first-order valence-electron chi connectivity index (χ1n) is 10.6. The highest BCUT2D eigenvalue weighted by atomic mass is 79.9. The zero-order chi connectivity index (χ0) is 21.8. The van der Waals surface area contributed by atoms with E-state index in [1.54, 1.807) is 30.3 Å². The smallest absolute Gasteiger partial charge is 0.255 e. The number of hydrogen-bond acceptors (Lipinski definition) is 5. The maximum atomic E-state index is 13.2. The SMILES string of the molecule is O=C(Nc1cccc(Br)c1)c1cccc(S(=O)(=O)N2CCN(C3CCNCC3)CC2)c1. The van der Waals surface area contributed by atoms with Gasteiger partial charge in [0, 0.05) is 47.9 Å². The topological polar surface area (TPSA) is 81.8 Å². The summed E-state index contributed by atoms with van der Waals surface area (Å²) < 4.78 is 28.8. The van der Waals surface area contributed by atoms with Crippen LogP contribution in [-0.2, 0) is 10.0 Å². The van der Waals surface area contributed by atoms with Crippen molar-refractivity contribution >= 4 is 37.5 Å². The molecule has 0 aromatic heterocycles. The standard InChI is InChI=1S/C22H27BrN4O3S/c23-18-4-2-5-19(16-18)25-22(28)17-3-1-6-21(15-17)31(29,30)27-13-11-26(12-14-27)20-7-9-24-10-8-20/h1-6,15-16,20,24H,7-14H2,(H,25,28). The molecule has 0 aliphatic carbocycles. The monoisotopic (exact) mass is 506 g/mol. The van der Waals surface area contributed by atoms with Gasteiger partial charge in [0.05, 0.1) is 4.90 Å². The highest BCUT2D eigenvalue weighted by molar-refractivity contribution is 9.10. The van der Waals surface area contributed by atoms with Crippen LogP contribution in [0.3, 0.4) is 0 Å². The van der Waals surface area contributed by atoms with Crippen LogP contribution in [0.5, 0.6) is 0 Å². The lowest BCUT2D eigenvalue weighted by Crippen LogP contribution is -2.53. The summed E-state index contributed by atoms with van der Waals surface area (Å²) in [6, 6.07) is 14.1. The number of sulfonamides is 1. The van der Waals surface area contributed by atoms with E-state index in [2.05, 4.69) is 31.5 Å². The van der Waals surface area contributed by atoms with E-state index >= 15 is 0 Å². The molecule has 2 aromatic rings. The third-order valence-corrected chi connectivity index (χ3v) is 8.30. The van der Waals surface area contributed by atoms with Gasteiger partial charge in [0.1, 0.15) is 0 Å². The molecule has 7 nitrogen and oxygen atoms in total. The fourth-order valence-electron chi connectivity index (χ4n) is 4.20. The molecule has 0 radical (unpaired) electrons. The Morgan fingerprint density at radius 1 is 1.00 bits per heavy atom. The molecule has 9 heteroatoms. The van der Waals surface area contributed by atoms with E-state index in [4.69, 9.17) is 0 Å². The number of anilines is 1. The number of piperidine rings is 1. The number of benzene rings is 2. The van der Waals surface area contributed by atoms with Gasteiger partial charge in [0.25, 0.3) is 5.91 Å². The lowest BCUT2D eigenvalue weighted by atomic mass is 10.0. The summed E-state index contributed by atoms with van der Waals surface area (Å²) >= 11 is 3.38. The molecule has 166 valence electrons. The third-order valence-electron chi connectivity index (χ3n) is 5.91. The Labute approximate surface area is 192 Å². The van der Waals surface area contributed by atoms with Gasteiger partial charge in [-0.15, -0.1) is 0 Å². The Bertz CT molecular complexity index is 1030. The highest BCUT2D eigenvalue weighted by Gasteiger charge is 2.31. The number of carbonyl (C=O) groups excluding carboxylic acids is 1. The lowest BCUT2D eigenvalue weighted by molar-refractivity contribution is 0.102. The van der Waals surface area contributed by atoms with Crippen LogP contribution in [-0.4, -0.2) is 68.8 Å². The lowest BCUT2D eigenvalue weighted by Gasteiger charge is -2.40. The molecule has 4 rings (SSSR count). The largest absolute Gasteiger partial charge is 0.322 e. The van der Waals surface area contributed by atoms with Crippen molar-refractivity contribution in [3.05, 3.63) is 58.6 Å². The van der Waals surface area contributed by atoms with Crippen molar-refractivity contribution in [2.75, 3.05) is 44.6 Å². The van der Waals surface area contributed by atoms with Gasteiger partial charge in [0.2, 0.25) is 10.0 Å². The first kappa shape index (κ1) is 22.4. The van der Waals surface area contributed by atoms with Crippen molar-refractivity contribution in [2.45, 2.75) is 23.8 Å². The van der Waals surface area contributed by atoms with Crippen LogP contribution in [0.4, 0.5) is 5.69 Å². The van der Waals surface area contributed by atoms with E-state index in [0.29, 0.717) is 30.4 Å². The molecule has 2 saturated heterocycles. The molecule has 0 bridgehead atoms. The minimum Gasteiger partial charge on any atom is -0.322 e. The number of carbonyl (C=O) groups is 1. The van der Waals surface area contributed by atoms with Crippen LogP contribution < -0.4 is 10.6 Å². The summed E-state index contributed by atoms with van der Waals surface area (Å²) in [4.78, 5) is 15.2. The molecule has 2 fully saturated rings. The molecule has 0 atom stereocenters. The Kier molecular flexibility index (Phi) is 7.08. The Morgan fingerprint density at radius 3 is 2.42 bits per heavy atom. The first-order chi connectivity index (χ1) is 14.9. The molecule has 2 aliphatic rings. The van der Waals surface area contributed by atoms with Crippen molar-refractivity contribution < 1.29 is 13.2 Å². The van der Waals surface area contributed by atoms with Crippen LogP contribution in [0.25, 0.3) is 0 Å². The quantitative estimate of drug-likeness (QED) is 0.651. The molecule has 2 N–H and O–H groups in total. The number of hydrogen-bond donors (Lipinski definition) is 2. The molecule has 0 saturated carbocycles. The maximum absolute atomic E-state index is 13.2. The van der Waals surface area contributed by atoms with Gasteiger partial charge in [-0.3, -0.25) is 9.69 Å². The van der Waals surface area contributed by atoms with Gasteiger partial charge in [0.15, 0.2) is 0 Å². The van der Waals surface area contributed by atoms with E-state index in [1.807, 2.05) is 12.1 Å². The summed E-state index contributed by atoms with van der Waals surface area (Å²) in [5.74, 6) is -0.342.